The molecule has 0 spiro atoms. The van der Waals surface area contributed by atoms with Crippen LogP contribution in [0.15, 0.2) is 28.7 Å². The predicted molar refractivity (Wildman–Crippen MR) is 92.3 cm³/mol. The Morgan fingerprint density at radius 3 is 2.76 bits per heavy atom. The molecule has 1 saturated heterocycles. The van der Waals surface area contributed by atoms with E-state index in [4.69, 9.17) is 4.42 Å². The number of carbonyl (C=O) groups is 1. The van der Waals surface area contributed by atoms with E-state index in [-0.39, 0.29) is 17.8 Å². The summed E-state index contributed by atoms with van der Waals surface area (Å²) in [7, 11) is 0. The number of nitrogens with zero attached hydrogens (tertiary/aromatic N) is 2. The summed E-state index contributed by atoms with van der Waals surface area (Å²) >= 11 is 0. The number of likely N-dealkylation sites (tertiary alicyclic amines) is 1. The molecular formula is C19H24FN3O2. The Bertz CT molecular complexity index is 707. The Kier molecular flexibility index (Phi) is 5.48. The SMILES string of the molecule is Cc1nc(CNC(=O)[C@@H]2CCCCN2Cc2ccc(F)cc2)oc1C. The van der Waals surface area contributed by atoms with Gasteiger partial charge in [0, 0.05) is 6.54 Å². The van der Waals surface area contributed by atoms with Gasteiger partial charge in [0.15, 0.2) is 0 Å². The van der Waals surface area contributed by atoms with Crippen LogP contribution in [0.1, 0.15) is 42.2 Å². The van der Waals surface area contributed by atoms with Crippen molar-refractivity contribution in [2.75, 3.05) is 6.54 Å². The second-order valence-electron chi connectivity index (χ2n) is 6.58. The van der Waals surface area contributed by atoms with Crippen molar-refractivity contribution in [2.45, 2.75) is 52.2 Å². The molecule has 1 fully saturated rings. The molecule has 6 heteroatoms. The molecule has 1 N–H and O–H groups in total. The van der Waals surface area contributed by atoms with Crippen molar-refractivity contribution < 1.29 is 13.6 Å². The average molecular weight is 345 g/mol. The number of rotatable bonds is 5. The number of hydrogen-bond donors (Lipinski definition) is 1. The summed E-state index contributed by atoms with van der Waals surface area (Å²) in [6.07, 6.45) is 2.94. The third-order valence-corrected chi connectivity index (χ3v) is 4.70. The van der Waals surface area contributed by atoms with E-state index >= 15 is 0 Å². The van der Waals surface area contributed by atoms with E-state index in [2.05, 4.69) is 15.2 Å². The molecule has 0 unspecified atom stereocenters. The van der Waals surface area contributed by atoms with Crippen molar-refractivity contribution in [3.05, 3.63) is 53.0 Å². The van der Waals surface area contributed by atoms with Crippen LogP contribution in [-0.4, -0.2) is 28.4 Å². The van der Waals surface area contributed by atoms with Gasteiger partial charge in [-0.1, -0.05) is 18.6 Å². The van der Waals surface area contributed by atoms with Crippen LogP contribution < -0.4 is 5.32 Å². The first kappa shape index (κ1) is 17.6. The molecule has 0 bridgehead atoms. The van der Waals surface area contributed by atoms with Gasteiger partial charge in [-0.15, -0.1) is 0 Å². The fourth-order valence-corrected chi connectivity index (χ4v) is 3.20. The summed E-state index contributed by atoms with van der Waals surface area (Å²) in [6.45, 7) is 5.56. The summed E-state index contributed by atoms with van der Waals surface area (Å²) in [4.78, 5) is 19.1. The molecule has 134 valence electrons. The minimum absolute atomic E-state index is 0.00434. The van der Waals surface area contributed by atoms with Crippen LogP contribution >= 0.6 is 0 Å². The molecule has 3 rings (SSSR count). The lowest BCUT2D eigenvalue weighted by atomic mass is 10.0. The van der Waals surface area contributed by atoms with Gasteiger partial charge >= 0.3 is 0 Å². The van der Waals surface area contributed by atoms with Crippen LogP contribution in [0.3, 0.4) is 0 Å². The van der Waals surface area contributed by atoms with Crippen molar-refractivity contribution in [3.8, 4) is 0 Å². The van der Waals surface area contributed by atoms with Crippen molar-refractivity contribution in [1.29, 1.82) is 0 Å². The van der Waals surface area contributed by atoms with Crippen molar-refractivity contribution in [2.24, 2.45) is 0 Å². The second-order valence-corrected chi connectivity index (χ2v) is 6.58. The highest BCUT2D eigenvalue weighted by Crippen LogP contribution is 2.20. The molecule has 1 atom stereocenters. The molecule has 25 heavy (non-hydrogen) atoms. The van der Waals surface area contributed by atoms with Gasteiger partial charge in [-0.05, 0) is 50.9 Å². The monoisotopic (exact) mass is 345 g/mol. The number of aryl methyl sites for hydroxylation is 2. The van der Waals surface area contributed by atoms with Crippen LogP contribution in [0, 0.1) is 19.7 Å². The number of amides is 1. The van der Waals surface area contributed by atoms with E-state index < -0.39 is 0 Å². The topological polar surface area (TPSA) is 58.4 Å². The molecule has 5 nitrogen and oxygen atoms in total. The van der Waals surface area contributed by atoms with E-state index in [0.29, 0.717) is 19.0 Å². The Morgan fingerprint density at radius 1 is 1.32 bits per heavy atom. The van der Waals surface area contributed by atoms with Gasteiger partial charge in [-0.3, -0.25) is 9.69 Å². The highest BCUT2D eigenvalue weighted by Gasteiger charge is 2.28. The highest BCUT2D eigenvalue weighted by atomic mass is 19.1. The van der Waals surface area contributed by atoms with Crippen LogP contribution in [0.25, 0.3) is 0 Å². The predicted octanol–water partition coefficient (Wildman–Crippen LogP) is 3.10. The van der Waals surface area contributed by atoms with Gasteiger partial charge in [0.05, 0.1) is 18.3 Å². The van der Waals surface area contributed by atoms with Crippen LogP contribution in [0.5, 0.6) is 0 Å². The molecule has 1 amide bonds. The normalized spacial score (nSPS) is 18.3. The molecule has 0 radical (unpaired) electrons. The summed E-state index contributed by atoms with van der Waals surface area (Å²) in [5.41, 5.74) is 1.86. The molecule has 2 heterocycles. The van der Waals surface area contributed by atoms with Gasteiger partial charge < -0.3 is 9.73 Å². The van der Waals surface area contributed by atoms with Gasteiger partial charge in [-0.25, -0.2) is 9.37 Å². The zero-order valence-electron chi connectivity index (χ0n) is 14.7. The summed E-state index contributed by atoms with van der Waals surface area (Å²) in [6, 6.07) is 6.30. The minimum atomic E-state index is -0.242. The summed E-state index contributed by atoms with van der Waals surface area (Å²) in [5.74, 6) is 1.06. The smallest absolute Gasteiger partial charge is 0.237 e. The van der Waals surface area contributed by atoms with Crippen LogP contribution in [0.4, 0.5) is 4.39 Å². The number of benzene rings is 1. The van der Waals surface area contributed by atoms with Gasteiger partial charge in [0.25, 0.3) is 0 Å². The fourth-order valence-electron chi connectivity index (χ4n) is 3.20. The fraction of sp³-hybridized carbons (Fsp3) is 0.474. The van der Waals surface area contributed by atoms with E-state index in [0.717, 1.165) is 42.8 Å². The maximum absolute atomic E-state index is 13.1. The molecular weight excluding hydrogens is 321 g/mol. The van der Waals surface area contributed by atoms with Gasteiger partial charge in [0.2, 0.25) is 11.8 Å². The number of halogens is 1. The lowest BCUT2D eigenvalue weighted by Gasteiger charge is -2.34. The summed E-state index contributed by atoms with van der Waals surface area (Å²) in [5, 5.41) is 2.94. The lowest BCUT2D eigenvalue weighted by molar-refractivity contribution is -0.128. The Balaban J connectivity index is 1.61. The average Bonchev–Trinajstić information content (AvgIpc) is 2.93. The molecule has 1 aliphatic rings. The van der Waals surface area contributed by atoms with Gasteiger partial charge in [-0.2, -0.15) is 0 Å². The zero-order chi connectivity index (χ0) is 17.8. The quantitative estimate of drug-likeness (QED) is 0.905. The standard InChI is InChI=1S/C19H24FN3O2/c1-13-14(2)25-18(22-13)11-21-19(24)17-5-3-4-10-23(17)12-15-6-8-16(20)9-7-15/h6-9,17H,3-5,10-12H2,1-2H3,(H,21,24)/t17-/m0/s1. The number of nitrogens with one attached hydrogen (secondary N) is 1. The maximum Gasteiger partial charge on any atom is 0.237 e. The largest absolute Gasteiger partial charge is 0.444 e. The lowest BCUT2D eigenvalue weighted by Crippen LogP contribution is -2.48. The van der Waals surface area contributed by atoms with E-state index in [1.54, 1.807) is 12.1 Å². The number of carbonyl (C=O) groups excluding carboxylic acids is 1. The third-order valence-electron chi connectivity index (χ3n) is 4.70. The minimum Gasteiger partial charge on any atom is -0.444 e. The molecule has 1 aliphatic heterocycles. The summed E-state index contributed by atoms with van der Waals surface area (Å²) < 4.78 is 18.6. The number of piperidine rings is 1. The first-order chi connectivity index (χ1) is 12.0. The van der Waals surface area contributed by atoms with Crippen LogP contribution in [0.2, 0.25) is 0 Å². The van der Waals surface area contributed by atoms with Crippen molar-refractivity contribution >= 4 is 5.91 Å². The second kappa shape index (κ2) is 7.78. The number of hydrogen-bond acceptors (Lipinski definition) is 4. The zero-order valence-corrected chi connectivity index (χ0v) is 14.7. The molecule has 1 aromatic heterocycles. The highest BCUT2D eigenvalue weighted by molar-refractivity contribution is 5.81. The van der Waals surface area contributed by atoms with E-state index in [1.807, 2.05) is 13.8 Å². The Morgan fingerprint density at radius 2 is 2.08 bits per heavy atom. The molecule has 2 aromatic rings. The Labute approximate surface area is 147 Å². The maximum atomic E-state index is 13.1. The first-order valence-corrected chi connectivity index (χ1v) is 8.72. The Hall–Kier alpha value is -2.21. The third kappa shape index (κ3) is 4.45. The van der Waals surface area contributed by atoms with E-state index in [1.165, 1.54) is 12.1 Å². The van der Waals surface area contributed by atoms with Crippen LogP contribution in [-0.2, 0) is 17.9 Å². The van der Waals surface area contributed by atoms with Crippen molar-refractivity contribution in [3.63, 3.8) is 0 Å². The molecule has 1 aromatic carbocycles. The van der Waals surface area contributed by atoms with E-state index in [9.17, 15) is 9.18 Å². The van der Waals surface area contributed by atoms with Gasteiger partial charge in [0.1, 0.15) is 11.6 Å². The number of aromatic nitrogens is 1. The first-order valence-electron chi connectivity index (χ1n) is 8.72. The molecule has 0 aliphatic carbocycles. The van der Waals surface area contributed by atoms with Crippen molar-refractivity contribution in [1.82, 2.24) is 15.2 Å². The number of oxazole rings is 1. The molecule has 0 saturated carbocycles.